The third-order valence-electron chi connectivity index (χ3n) is 2.53. The van der Waals surface area contributed by atoms with Crippen LogP contribution in [0.3, 0.4) is 0 Å². The number of nitrogens with zero attached hydrogens (tertiary/aromatic N) is 3. The minimum Gasteiger partial charge on any atom is -0.481 e. The molecule has 2 aromatic rings. The van der Waals surface area contributed by atoms with Crippen LogP contribution >= 0.6 is 23.1 Å². The predicted molar refractivity (Wildman–Crippen MR) is 75.8 cm³/mol. The zero-order valence-electron chi connectivity index (χ0n) is 10.6. The molecule has 2 rings (SSSR count). The molecule has 0 atom stereocenters. The van der Waals surface area contributed by atoms with E-state index < -0.39 is 5.97 Å². The number of rotatable bonds is 7. The molecule has 102 valence electrons. The summed E-state index contributed by atoms with van der Waals surface area (Å²) in [4.78, 5) is 19.9. The van der Waals surface area contributed by atoms with Crippen molar-refractivity contribution >= 4 is 29.1 Å². The number of aliphatic carboxylic acids is 1. The summed E-state index contributed by atoms with van der Waals surface area (Å²) in [5.41, 5.74) is 0.838. The molecule has 2 heterocycles. The number of thiazole rings is 1. The van der Waals surface area contributed by atoms with E-state index in [9.17, 15) is 4.79 Å². The average Bonchev–Trinajstić information content (AvgIpc) is 2.95. The number of aromatic nitrogens is 3. The first-order valence-corrected chi connectivity index (χ1v) is 7.72. The van der Waals surface area contributed by atoms with Crippen LogP contribution in [-0.4, -0.2) is 31.4 Å². The monoisotopic (exact) mass is 297 g/mol. The van der Waals surface area contributed by atoms with Crippen LogP contribution in [0.2, 0.25) is 0 Å². The molecule has 0 amide bonds. The van der Waals surface area contributed by atoms with Gasteiger partial charge in [0.2, 0.25) is 0 Å². The molecule has 2 aromatic heterocycles. The maximum absolute atomic E-state index is 10.7. The highest BCUT2D eigenvalue weighted by Gasteiger charge is 2.11. The molecule has 5 nitrogen and oxygen atoms in total. The number of aryl methyl sites for hydroxylation is 2. The molecule has 0 aromatic carbocycles. The zero-order valence-corrected chi connectivity index (χ0v) is 12.2. The standard InChI is InChI=1S/C12H15N3O2S2/c1-9-10(7-11(16)17)19-12(14-9)18-6-2-4-15-5-3-13-8-15/h3,5,8H,2,4,6-7H2,1H3,(H,16,17). The van der Waals surface area contributed by atoms with Gasteiger partial charge in [0.1, 0.15) is 4.34 Å². The van der Waals surface area contributed by atoms with Gasteiger partial charge in [-0.3, -0.25) is 4.79 Å². The fourth-order valence-corrected chi connectivity index (χ4v) is 3.81. The SMILES string of the molecule is Cc1nc(SCCCn2ccnc2)sc1CC(=O)O. The summed E-state index contributed by atoms with van der Waals surface area (Å²) in [6.07, 6.45) is 6.63. The van der Waals surface area contributed by atoms with Crippen molar-refractivity contribution in [3.8, 4) is 0 Å². The Morgan fingerprint density at radius 3 is 3.11 bits per heavy atom. The highest BCUT2D eigenvalue weighted by Crippen LogP contribution is 2.28. The summed E-state index contributed by atoms with van der Waals surface area (Å²) in [6.45, 7) is 2.81. The Kier molecular flexibility index (Phi) is 4.98. The molecule has 0 radical (unpaired) electrons. The van der Waals surface area contributed by atoms with E-state index in [1.165, 1.54) is 11.3 Å². The van der Waals surface area contributed by atoms with Gasteiger partial charge in [0.05, 0.1) is 18.4 Å². The van der Waals surface area contributed by atoms with Gasteiger partial charge in [-0.15, -0.1) is 11.3 Å². The van der Waals surface area contributed by atoms with Gasteiger partial charge in [-0.1, -0.05) is 11.8 Å². The Bertz CT molecular complexity index is 537. The Morgan fingerprint density at radius 2 is 2.42 bits per heavy atom. The minimum atomic E-state index is -0.802. The lowest BCUT2D eigenvalue weighted by Gasteiger charge is -2.00. The van der Waals surface area contributed by atoms with Gasteiger partial charge in [0.25, 0.3) is 0 Å². The molecule has 0 aliphatic rings. The maximum Gasteiger partial charge on any atom is 0.308 e. The lowest BCUT2D eigenvalue weighted by Crippen LogP contribution is -1.99. The zero-order chi connectivity index (χ0) is 13.7. The van der Waals surface area contributed by atoms with Crippen LogP contribution < -0.4 is 0 Å². The first-order valence-electron chi connectivity index (χ1n) is 5.92. The van der Waals surface area contributed by atoms with Gasteiger partial charge in [0, 0.05) is 29.6 Å². The predicted octanol–water partition coefficient (Wildman–Crippen LogP) is 2.46. The van der Waals surface area contributed by atoms with Crippen molar-refractivity contribution < 1.29 is 9.90 Å². The average molecular weight is 297 g/mol. The second-order valence-corrected chi connectivity index (χ2v) is 6.49. The molecule has 0 fully saturated rings. The first-order chi connectivity index (χ1) is 9.15. The third-order valence-corrected chi connectivity index (χ3v) is 4.92. The topological polar surface area (TPSA) is 68.0 Å². The molecule has 7 heteroatoms. The molecule has 0 bridgehead atoms. The van der Waals surface area contributed by atoms with E-state index in [4.69, 9.17) is 5.11 Å². The van der Waals surface area contributed by atoms with Crippen molar-refractivity contribution in [1.29, 1.82) is 0 Å². The van der Waals surface area contributed by atoms with Crippen molar-refractivity contribution in [1.82, 2.24) is 14.5 Å². The molecule has 0 saturated carbocycles. The smallest absolute Gasteiger partial charge is 0.308 e. The fraction of sp³-hybridized carbons (Fsp3) is 0.417. The van der Waals surface area contributed by atoms with E-state index in [1.54, 1.807) is 18.0 Å². The maximum atomic E-state index is 10.7. The quantitative estimate of drug-likeness (QED) is 0.628. The van der Waals surface area contributed by atoms with Crippen molar-refractivity contribution in [2.75, 3.05) is 5.75 Å². The normalized spacial score (nSPS) is 10.8. The van der Waals surface area contributed by atoms with Gasteiger partial charge >= 0.3 is 5.97 Å². The molecule has 0 aliphatic carbocycles. The van der Waals surface area contributed by atoms with Crippen LogP contribution in [0, 0.1) is 6.92 Å². The Hall–Kier alpha value is -1.34. The summed E-state index contributed by atoms with van der Waals surface area (Å²) < 4.78 is 3.00. The van der Waals surface area contributed by atoms with Crippen LogP contribution in [0.25, 0.3) is 0 Å². The van der Waals surface area contributed by atoms with E-state index in [-0.39, 0.29) is 6.42 Å². The van der Waals surface area contributed by atoms with Crippen molar-refractivity contribution in [2.24, 2.45) is 0 Å². The van der Waals surface area contributed by atoms with E-state index in [2.05, 4.69) is 9.97 Å². The van der Waals surface area contributed by atoms with E-state index in [0.29, 0.717) is 0 Å². The number of hydrogen-bond acceptors (Lipinski definition) is 5. The van der Waals surface area contributed by atoms with Crippen LogP contribution in [0.5, 0.6) is 0 Å². The lowest BCUT2D eigenvalue weighted by molar-refractivity contribution is -0.136. The Labute approximate surface area is 119 Å². The molecule has 0 unspecified atom stereocenters. The van der Waals surface area contributed by atoms with Crippen LogP contribution in [-0.2, 0) is 17.8 Å². The summed E-state index contributed by atoms with van der Waals surface area (Å²) in [5, 5.41) is 8.78. The van der Waals surface area contributed by atoms with Gasteiger partial charge in [0.15, 0.2) is 0 Å². The molecule has 19 heavy (non-hydrogen) atoms. The van der Waals surface area contributed by atoms with Gasteiger partial charge in [-0.25, -0.2) is 9.97 Å². The molecule has 0 spiro atoms. The number of imidazole rings is 1. The summed E-state index contributed by atoms with van der Waals surface area (Å²) >= 11 is 3.17. The summed E-state index contributed by atoms with van der Waals surface area (Å²) in [6, 6.07) is 0. The van der Waals surface area contributed by atoms with E-state index in [1.807, 2.05) is 24.0 Å². The lowest BCUT2D eigenvalue weighted by atomic mass is 10.3. The second-order valence-electron chi connectivity index (χ2n) is 4.06. The summed E-state index contributed by atoms with van der Waals surface area (Å²) in [5.74, 6) is 0.167. The molecule has 1 N–H and O–H groups in total. The second kappa shape index (κ2) is 6.72. The largest absolute Gasteiger partial charge is 0.481 e. The number of hydrogen-bond donors (Lipinski definition) is 1. The van der Waals surface area contributed by atoms with Crippen LogP contribution in [0.4, 0.5) is 0 Å². The van der Waals surface area contributed by atoms with Crippen molar-refractivity contribution in [3.63, 3.8) is 0 Å². The molecular formula is C12H15N3O2S2. The van der Waals surface area contributed by atoms with Gasteiger partial charge in [-0.05, 0) is 13.3 Å². The highest BCUT2D eigenvalue weighted by molar-refractivity contribution is 8.01. The van der Waals surface area contributed by atoms with Crippen LogP contribution in [0.1, 0.15) is 17.0 Å². The van der Waals surface area contributed by atoms with Gasteiger partial charge < -0.3 is 9.67 Å². The number of carbonyl (C=O) groups is 1. The third kappa shape index (κ3) is 4.36. The molecule has 0 saturated heterocycles. The number of carboxylic acids is 1. The number of thioether (sulfide) groups is 1. The first kappa shape index (κ1) is 14.1. The fourth-order valence-electron chi connectivity index (χ4n) is 1.59. The van der Waals surface area contributed by atoms with Gasteiger partial charge in [-0.2, -0.15) is 0 Å². The minimum absolute atomic E-state index is 0.0685. The highest BCUT2D eigenvalue weighted by atomic mass is 32.2. The Morgan fingerprint density at radius 1 is 1.58 bits per heavy atom. The molecule has 0 aliphatic heterocycles. The van der Waals surface area contributed by atoms with Crippen LogP contribution in [0.15, 0.2) is 23.1 Å². The van der Waals surface area contributed by atoms with Crippen molar-refractivity contribution in [2.45, 2.75) is 30.6 Å². The van der Waals surface area contributed by atoms with E-state index >= 15 is 0 Å². The van der Waals surface area contributed by atoms with Crippen molar-refractivity contribution in [3.05, 3.63) is 29.3 Å². The summed E-state index contributed by atoms with van der Waals surface area (Å²) in [7, 11) is 0. The Balaban J connectivity index is 1.78. The van der Waals surface area contributed by atoms with E-state index in [0.717, 1.165) is 33.6 Å². The number of carboxylic acid groups (broad SMARTS) is 1. The molecular weight excluding hydrogens is 282 g/mol.